The first-order valence-electron chi connectivity index (χ1n) is 4.13. The van der Waals surface area contributed by atoms with Gasteiger partial charge in [0.2, 0.25) is 0 Å². The van der Waals surface area contributed by atoms with Gasteiger partial charge in [-0.1, -0.05) is 0 Å². The van der Waals surface area contributed by atoms with Gasteiger partial charge >= 0.3 is 0 Å². The van der Waals surface area contributed by atoms with E-state index in [1.165, 1.54) is 0 Å². The van der Waals surface area contributed by atoms with E-state index in [2.05, 4.69) is 21.2 Å². The summed E-state index contributed by atoms with van der Waals surface area (Å²) in [6, 6.07) is 1.96. The predicted molar refractivity (Wildman–Crippen MR) is 54.7 cm³/mol. The first kappa shape index (κ1) is 10.8. The lowest BCUT2D eigenvalue weighted by Crippen LogP contribution is -2.28. The Labute approximate surface area is 86.6 Å². The van der Waals surface area contributed by atoms with Crippen LogP contribution in [0.1, 0.15) is 18.7 Å². The van der Waals surface area contributed by atoms with Crippen LogP contribution in [0.15, 0.2) is 21.2 Å². The van der Waals surface area contributed by atoms with Gasteiger partial charge in [-0.2, -0.15) is 0 Å². The highest BCUT2D eigenvalue weighted by Gasteiger charge is 2.22. The van der Waals surface area contributed by atoms with Gasteiger partial charge in [-0.25, -0.2) is 0 Å². The number of halogens is 1. The third-order valence-corrected chi connectivity index (χ3v) is 2.73. The van der Waals surface area contributed by atoms with Crippen molar-refractivity contribution in [1.82, 2.24) is 5.32 Å². The molecule has 1 aromatic heterocycles. The van der Waals surface area contributed by atoms with Gasteiger partial charge in [0, 0.05) is 7.11 Å². The van der Waals surface area contributed by atoms with Gasteiger partial charge in [-0.05, 0) is 36.0 Å². The number of rotatable bonds is 4. The summed E-state index contributed by atoms with van der Waals surface area (Å²) in [6.07, 6.45) is 1.74. The molecule has 0 aliphatic carbocycles. The Morgan fingerprint density at radius 3 is 2.69 bits per heavy atom. The summed E-state index contributed by atoms with van der Waals surface area (Å²) in [4.78, 5) is 0. The third kappa shape index (κ3) is 2.33. The first-order valence-corrected chi connectivity index (χ1v) is 4.93. The van der Waals surface area contributed by atoms with Crippen molar-refractivity contribution < 1.29 is 9.15 Å². The molecule has 0 saturated heterocycles. The molecule has 74 valence electrons. The van der Waals surface area contributed by atoms with E-state index in [-0.39, 0.29) is 12.1 Å². The molecule has 0 aliphatic rings. The smallest absolute Gasteiger partial charge is 0.137 e. The second kappa shape index (κ2) is 4.79. The zero-order valence-corrected chi connectivity index (χ0v) is 9.59. The molecule has 3 nitrogen and oxygen atoms in total. The van der Waals surface area contributed by atoms with E-state index in [0.717, 1.165) is 10.2 Å². The quantitative estimate of drug-likeness (QED) is 0.888. The molecule has 0 spiro atoms. The van der Waals surface area contributed by atoms with Gasteiger partial charge < -0.3 is 14.5 Å². The van der Waals surface area contributed by atoms with Crippen molar-refractivity contribution in [3.63, 3.8) is 0 Å². The molecule has 2 atom stereocenters. The van der Waals surface area contributed by atoms with Crippen LogP contribution in [0.25, 0.3) is 0 Å². The molecule has 0 fully saturated rings. The van der Waals surface area contributed by atoms with E-state index in [0.29, 0.717) is 0 Å². The molecule has 0 amide bonds. The minimum Gasteiger partial charge on any atom is -0.466 e. The topological polar surface area (TPSA) is 34.4 Å². The molecule has 1 aromatic rings. The lowest BCUT2D eigenvalue weighted by Gasteiger charge is -2.20. The summed E-state index contributed by atoms with van der Waals surface area (Å²) >= 11 is 3.42. The summed E-state index contributed by atoms with van der Waals surface area (Å²) < 4.78 is 11.6. The summed E-state index contributed by atoms with van der Waals surface area (Å²) in [5.74, 6) is 0.872. The average molecular weight is 248 g/mol. The molecule has 0 aliphatic heterocycles. The van der Waals surface area contributed by atoms with Crippen molar-refractivity contribution in [2.75, 3.05) is 14.2 Å². The maximum Gasteiger partial charge on any atom is 0.137 e. The van der Waals surface area contributed by atoms with Crippen molar-refractivity contribution in [2.24, 2.45) is 0 Å². The molecule has 13 heavy (non-hydrogen) atoms. The number of ether oxygens (including phenoxy) is 1. The summed E-state index contributed by atoms with van der Waals surface area (Å²) in [5.41, 5.74) is 0. The monoisotopic (exact) mass is 247 g/mol. The van der Waals surface area contributed by atoms with Crippen molar-refractivity contribution in [3.05, 3.63) is 22.6 Å². The maximum absolute atomic E-state index is 5.35. The summed E-state index contributed by atoms with van der Waals surface area (Å²) in [6.45, 7) is 2.00. The highest BCUT2D eigenvalue weighted by atomic mass is 79.9. The van der Waals surface area contributed by atoms with Gasteiger partial charge in [0.15, 0.2) is 0 Å². The minimum absolute atomic E-state index is 0.0763. The Bertz CT molecular complexity index is 262. The highest BCUT2D eigenvalue weighted by molar-refractivity contribution is 9.10. The zero-order valence-electron chi connectivity index (χ0n) is 8.00. The van der Waals surface area contributed by atoms with Crippen molar-refractivity contribution in [3.8, 4) is 0 Å². The number of furan rings is 1. The van der Waals surface area contributed by atoms with Gasteiger partial charge in [-0.3, -0.25) is 0 Å². The predicted octanol–water partition coefficient (Wildman–Crippen LogP) is 2.34. The molecule has 1 rings (SSSR count). The SMILES string of the molecule is CNC(c1occc1Br)C(C)OC. The molecule has 0 aromatic carbocycles. The largest absolute Gasteiger partial charge is 0.466 e. The van der Waals surface area contributed by atoms with Gasteiger partial charge in [-0.15, -0.1) is 0 Å². The van der Waals surface area contributed by atoms with Crippen molar-refractivity contribution in [1.29, 1.82) is 0 Å². The summed E-state index contributed by atoms with van der Waals surface area (Å²) in [7, 11) is 3.57. The van der Waals surface area contributed by atoms with Crippen LogP contribution in [0.4, 0.5) is 0 Å². The normalized spacial score (nSPS) is 15.7. The standard InChI is InChI=1S/C9H14BrNO2/c1-6(12-3)8(11-2)9-7(10)4-5-13-9/h4-6,8,11H,1-3H3. The number of nitrogens with one attached hydrogen (secondary N) is 1. The number of hydrogen-bond acceptors (Lipinski definition) is 3. The Kier molecular flexibility index (Phi) is 3.96. The fraction of sp³-hybridized carbons (Fsp3) is 0.556. The molecule has 0 bridgehead atoms. The van der Waals surface area contributed by atoms with Crippen LogP contribution in [0, 0.1) is 0 Å². The van der Waals surface area contributed by atoms with E-state index in [1.54, 1.807) is 13.4 Å². The van der Waals surface area contributed by atoms with Crippen molar-refractivity contribution in [2.45, 2.75) is 19.1 Å². The molecule has 4 heteroatoms. The number of methoxy groups -OCH3 is 1. The lowest BCUT2D eigenvalue weighted by atomic mass is 10.1. The van der Waals surface area contributed by atoms with Crippen molar-refractivity contribution >= 4 is 15.9 Å². The average Bonchev–Trinajstić information content (AvgIpc) is 2.53. The Morgan fingerprint density at radius 2 is 2.31 bits per heavy atom. The minimum atomic E-state index is 0.0763. The fourth-order valence-electron chi connectivity index (χ4n) is 1.24. The molecule has 1 N–H and O–H groups in total. The Morgan fingerprint density at radius 1 is 1.62 bits per heavy atom. The second-order valence-corrected chi connectivity index (χ2v) is 3.69. The molecular weight excluding hydrogens is 234 g/mol. The number of likely N-dealkylation sites (N-methyl/N-ethyl adjacent to an activating group) is 1. The molecule has 0 saturated carbocycles. The van der Waals surface area contributed by atoms with Crippen LogP contribution >= 0.6 is 15.9 Å². The molecule has 2 unspecified atom stereocenters. The molecular formula is C9H14BrNO2. The highest BCUT2D eigenvalue weighted by Crippen LogP contribution is 2.27. The van der Waals surface area contributed by atoms with E-state index in [4.69, 9.17) is 9.15 Å². The van der Waals surface area contributed by atoms with Gasteiger partial charge in [0.25, 0.3) is 0 Å². The van der Waals surface area contributed by atoms with Gasteiger partial charge in [0.05, 0.1) is 22.9 Å². The first-order chi connectivity index (χ1) is 6.20. The number of hydrogen-bond donors (Lipinski definition) is 1. The van der Waals surface area contributed by atoms with E-state index in [1.807, 2.05) is 20.0 Å². The van der Waals surface area contributed by atoms with Crippen LogP contribution in [0.5, 0.6) is 0 Å². The second-order valence-electron chi connectivity index (χ2n) is 2.84. The third-order valence-electron chi connectivity index (χ3n) is 2.08. The van der Waals surface area contributed by atoms with Crippen LogP contribution < -0.4 is 5.32 Å². The molecule has 1 heterocycles. The Balaban J connectivity index is 2.84. The van der Waals surface area contributed by atoms with Crippen LogP contribution in [-0.4, -0.2) is 20.3 Å². The van der Waals surface area contributed by atoms with Gasteiger partial charge in [0.1, 0.15) is 5.76 Å². The van der Waals surface area contributed by atoms with Crippen LogP contribution in [0.2, 0.25) is 0 Å². The summed E-state index contributed by atoms with van der Waals surface area (Å²) in [5, 5.41) is 3.15. The maximum atomic E-state index is 5.35. The van der Waals surface area contributed by atoms with E-state index >= 15 is 0 Å². The van der Waals surface area contributed by atoms with Crippen LogP contribution in [0.3, 0.4) is 0 Å². The molecule has 0 radical (unpaired) electrons. The van der Waals surface area contributed by atoms with Crippen LogP contribution in [-0.2, 0) is 4.74 Å². The fourth-order valence-corrected chi connectivity index (χ4v) is 1.69. The Hall–Kier alpha value is -0.320. The zero-order chi connectivity index (χ0) is 9.84. The lowest BCUT2D eigenvalue weighted by molar-refractivity contribution is 0.0779. The van der Waals surface area contributed by atoms with E-state index < -0.39 is 0 Å². The van der Waals surface area contributed by atoms with E-state index in [9.17, 15) is 0 Å².